The average Bonchev–Trinajstić information content (AvgIpc) is 3.83. The molecule has 1 unspecified atom stereocenters. The summed E-state index contributed by atoms with van der Waals surface area (Å²) in [7, 11) is 0. The van der Waals surface area contributed by atoms with Gasteiger partial charge in [-0.25, -0.2) is 4.98 Å². The Morgan fingerprint density at radius 3 is 2.58 bits per heavy atom. The molecule has 1 aliphatic heterocycles. The smallest absolute Gasteiger partial charge is 0.325 e. The van der Waals surface area contributed by atoms with Crippen LogP contribution in [0, 0.1) is 5.92 Å². The van der Waals surface area contributed by atoms with E-state index in [-0.39, 0.29) is 43.9 Å². The van der Waals surface area contributed by atoms with Gasteiger partial charge in [-0.05, 0) is 81.0 Å². The maximum atomic E-state index is 14.5. The summed E-state index contributed by atoms with van der Waals surface area (Å²) in [4.78, 5) is 49.0. The van der Waals surface area contributed by atoms with Gasteiger partial charge in [-0.3, -0.25) is 18.8 Å². The van der Waals surface area contributed by atoms with Crippen molar-refractivity contribution in [3.05, 3.63) is 65.0 Å². The van der Waals surface area contributed by atoms with Crippen molar-refractivity contribution in [1.29, 1.82) is 0 Å². The average molecular weight is 690 g/mol. The SMILES string of the molecule is CCOC(=O)CNC(=O)C(c1ccc2c(c1)OCO2)N(CC(C)C)C(=O)c1ccc2c(c1)sc1nc(-c3cccs3)c(NC(C)(C)C)n12. The first-order chi connectivity index (χ1) is 22.9. The molecule has 5 aromatic rings. The lowest BCUT2D eigenvalue weighted by Crippen LogP contribution is -2.46. The lowest BCUT2D eigenvalue weighted by molar-refractivity contribution is -0.143. The summed E-state index contributed by atoms with van der Waals surface area (Å²) < 4.78 is 19.1. The Labute approximate surface area is 286 Å². The maximum Gasteiger partial charge on any atom is 0.325 e. The van der Waals surface area contributed by atoms with Crippen LogP contribution in [0.15, 0.2) is 53.9 Å². The molecular formula is C35H39N5O6S2. The Bertz CT molecular complexity index is 1970. The van der Waals surface area contributed by atoms with Gasteiger partial charge in [0.05, 0.1) is 21.7 Å². The number of amides is 2. The summed E-state index contributed by atoms with van der Waals surface area (Å²) in [6, 6.07) is 13.8. The van der Waals surface area contributed by atoms with Crippen LogP contribution < -0.4 is 20.1 Å². The zero-order chi connectivity index (χ0) is 34.2. The fourth-order valence-electron chi connectivity index (χ4n) is 5.65. The van der Waals surface area contributed by atoms with E-state index >= 15 is 0 Å². The molecule has 4 heterocycles. The number of fused-ring (bicyclic) bond motifs is 4. The van der Waals surface area contributed by atoms with Gasteiger partial charge in [-0.15, -0.1) is 11.3 Å². The number of imidazole rings is 1. The van der Waals surface area contributed by atoms with Crippen LogP contribution in [0.25, 0.3) is 25.7 Å². The van der Waals surface area contributed by atoms with Crippen molar-refractivity contribution in [3.8, 4) is 22.1 Å². The van der Waals surface area contributed by atoms with Gasteiger partial charge in [0.25, 0.3) is 5.91 Å². The Kier molecular flexibility index (Phi) is 9.35. The monoisotopic (exact) mass is 689 g/mol. The molecule has 1 aliphatic rings. The number of ether oxygens (including phenoxy) is 3. The molecule has 6 rings (SSSR count). The van der Waals surface area contributed by atoms with Gasteiger partial charge < -0.3 is 29.7 Å². The van der Waals surface area contributed by atoms with E-state index in [2.05, 4.69) is 41.9 Å². The summed E-state index contributed by atoms with van der Waals surface area (Å²) in [5, 5.41) is 8.37. The highest BCUT2D eigenvalue weighted by Gasteiger charge is 2.34. The number of rotatable bonds is 11. The first-order valence-corrected chi connectivity index (χ1v) is 17.5. The zero-order valence-corrected chi connectivity index (χ0v) is 29.4. The van der Waals surface area contributed by atoms with E-state index in [4.69, 9.17) is 19.2 Å². The highest BCUT2D eigenvalue weighted by atomic mass is 32.1. The zero-order valence-electron chi connectivity index (χ0n) is 27.8. The molecule has 3 aromatic heterocycles. The number of nitrogens with zero attached hydrogens (tertiary/aromatic N) is 3. The van der Waals surface area contributed by atoms with Gasteiger partial charge in [-0.2, -0.15) is 0 Å². The topological polar surface area (TPSA) is 123 Å². The largest absolute Gasteiger partial charge is 0.465 e. The van der Waals surface area contributed by atoms with Crippen molar-refractivity contribution >= 4 is 61.5 Å². The number of thiazole rings is 1. The number of hydrogen-bond donors (Lipinski definition) is 2. The molecule has 1 atom stereocenters. The highest BCUT2D eigenvalue weighted by Crippen LogP contribution is 2.40. The molecule has 0 saturated heterocycles. The van der Waals surface area contributed by atoms with Gasteiger partial charge in [0.1, 0.15) is 24.1 Å². The van der Waals surface area contributed by atoms with E-state index in [1.54, 1.807) is 47.4 Å². The standard InChI is InChI=1S/C35H39N5O6S2/c1-7-44-28(41)17-36-32(42)30(21-11-13-24-25(15-21)46-19-45-24)39(18-20(2)3)33(43)22-10-12-23-27(16-22)48-34-37-29(26-9-8-14-47-26)31(40(23)34)38-35(4,5)6/h8-16,20,30,38H,7,17-19H2,1-6H3,(H,36,42). The van der Waals surface area contributed by atoms with E-state index in [0.29, 0.717) is 22.6 Å². The van der Waals surface area contributed by atoms with E-state index in [1.165, 1.54) is 11.3 Å². The van der Waals surface area contributed by atoms with Crippen LogP contribution in [-0.4, -0.2) is 64.1 Å². The van der Waals surface area contributed by atoms with E-state index in [0.717, 1.165) is 31.6 Å². The lowest BCUT2D eigenvalue weighted by Gasteiger charge is -2.33. The third-order valence-corrected chi connectivity index (χ3v) is 9.43. The number of thiophene rings is 1. The molecule has 0 fully saturated rings. The first kappa shape index (κ1) is 33.3. The number of carbonyl (C=O) groups is 3. The fraction of sp³-hybridized carbons (Fsp3) is 0.371. The molecule has 11 nitrogen and oxygen atoms in total. The van der Waals surface area contributed by atoms with Crippen LogP contribution in [0.3, 0.4) is 0 Å². The van der Waals surface area contributed by atoms with Gasteiger partial charge in [-0.1, -0.05) is 37.3 Å². The molecule has 0 saturated carbocycles. The molecule has 252 valence electrons. The second-order valence-electron chi connectivity index (χ2n) is 13.0. The lowest BCUT2D eigenvalue weighted by atomic mass is 10.0. The van der Waals surface area contributed by atoms with Crippen molar-refractivity contribution in [3.63, 3.8) is 0 Å². The van der Waals surface area contributed by atoms with Crippen LogP contribution in [0.4, 0.5) is 5.82 Å². The molecule has 0 aliphatic carbocycles. The first-order valence-electron chi connectivity index (χ1n) is 15.8. The van der Waals surface area contributed by atoms with Gasteiger partial charge in [0.2, 0.25) is 12.7 Å². The molecular weight excluding hydrogens is 651 g/mol. The highest BCUT2D eigenvalue weighted by molar-refractivity contribution is 7.23. The van der Waals surface area contributed by atoms with Crippen LogP contribution in [0.2, 0.25) is 0 Å². The van der Waals surface area contributed by atoms with Crippen LogP contribution in [0.1, 0.15) is 63.5 Å². The Hall–Kier alpha value is -4.62. The molecule has 0 bridgehead atoms. The number of nitrogens with one attached hydrogen (secondary N) is 2. The van der Waals surface area contributed by atoms with E-state index in [1.807, 2.05) is 37.4 Å². The summed E-state index contributed by atoms with van der Waals surface area (Å²) in [5.74, 6) is 0.572. The normalized spacial score (nSPS) is 13.2. The van der Waals surface area contributed by atoms with E-state index < -0.39 is 17.9 Å². The Morgan fingerprint density at radius 1 is 1.08 bits per heavy atom. The van der Waals surface area contributed by atoms with Crippen LogP contribution >= 0.6 is 22.7 Å². The van der Waals surface area contributed by atoms with E-state index in [9.17, 15) is 14.4 Å². The van der Waals surface area contributed by atoms with Gasteiger partial charge >= 0.3 is 5.97 Å². The molecule has 2 amide bonds. The Morgan fingerprint density at radius 2 is 1.88 bits per heavy atom. The molecule has 48 heavy (non-hydrogen) atoms. The minimum atomic E-state index is -1.06. The molecule has 13 heteroatoms. The van der Waals surface area contributed by atoms with Crippen molar-refractivity contribution in [2.75, 3.05) is 31.8 Å². The predicted molar refractivity (Wildman–Crippen MR) is 188 cm³/mol. The minimum absolute atomic E-state index is 0.0267. The number of hydrogen-bond acceptors (Lipinski definition) is 10. The fourth-order valence-corrected chi connectivity index (χ4v) is 7.43. The predicted octanol–water partition coefficient (Wildman–Crippen LogP) is 6.74. The van der Waals surface area contributed by atoms with Crippen molar-refractivity contribution < 1.29 is 28.6 Å². The van der Waals surface area contributed by atoms with Crippen molar-refractivity contribution in [2.24, 2.45) is 5.92 Å². The van der Waals surface area contributed by atoms with Gasteiger partial charge in [0, 0.05) is 17.6 Å². The molecule has 0 spiro atoms. The van der Waals surface area contributed by atoms with Crippen molar-refractivity contribution in [2.45, 2.75) is 53.1 Å². The number of carbonyl (C=O) groups excluding carboxylic acids is 3. The minimum Gasteiger partial charge on any atom is -0.465 e. The number of benzene rings is 2. The van der Waals surface area contributed by atoms with Gasteiger partial charge in [0.15, 0.2) is 16.5 Å². The third kappa shape index (κ3) is 6.83. The number of esters is 1. The second kappa shape index (κ2) is 13.5. The van der Waals surface area contributed by atoms with Crippen LogP contribution in [0.5, 0.6) is 11.5 Å². The van der Waals surface area contributed by atoms with Crippen LogP contribution in [-0.2, 0) is 14.3 Å². The molecule has 2 N–H and O–H groups in total. The summed E-state index contributed by atoms with van der Waals surface area (Å²) in [6.45, 7) is 12.2. The Balaban J connectivity index is 1.40. The summed E-state index contributed by atoms with van der Waals surface area (Å²) in [6.07, 6.45) is 0. The summed E-state index contributed by atoms with van der Waals surface area (Å²) >= 11 is 3.14. The quantitative estimate of drug-likeness (QED) is 0.146. The third-order valence-electron chi connectivity index (χ3n) is 7.55. The maximum absolute atomic E-state index is 14.5. The number of aromatic nitrogens is 2. The molecule has 0 radical (unpaired) electrons. The van der Waals surface area contributed by atoms with Crippen molar-refractivity contribution in [1.82, 2.24) is 19.6 Å². The second-order valence-corrected chi connectivity index (χ2v) is 14.9. The number of anilines is 1. The summed E-state index contributed by atoms with van der Waals surface area (Å²) in [5.41, 5.74) is 2.55. The molecule has 2 aromatic carbocycles.